The van der Waals surface area contributed by atoms with Crippen LogP contribution < -0.4 is 5.32 Å². The van der Waals surface area contributed by atoms with Gasteiger partial charge >= 0.3 is 0 Å². The number of benzene rings is 1. The highest BCUT2D eigenvalue weighted by atomic mass is 79.9. The smallest absolute Gasteiger partial charge is 0.245 e. The molecule has 1 aromatic rings. The van der Waals surface area contributed by atoms with E-state index in [0.29, 0.717) is 32.0 Å². The molecule has 1 aliphatic heterocycles. The standard InChI is InChI=1S/C21H29BrN2O3/c1-15(23-20(25)13-16-5-3-2-4-6-16)21(26)24-11-12-27-19(14-24)17-7-9-18(22)10-8-17/h7-10,15-16,19H,2-6,11-14H2,1H3,(H,23,25). The number of hydrogen-bond donors (Lipinski definition) is 1. The van der Waals surface area contributed by atoms with Crippen LogP contribution in [-0.2, 0) is 14.3 Å². The van der Waals surface area contributed by atoms with Crippen molar-refractivity contribution in [2.24, 2.45) is 5.92 Å². The van der Waals surface area contributed by atoms with Crippen LogP contribution in [0.2, 0.25) is 0 Å². The Hall–Kier alpha value is -1.40. The molecule has 2 amide bonds. The molecule has 0 radical (unpaired) electrons. The van der Waals surface area contributed by atoms with Gasteiger partial charge in [-0.15, -0.1) is 0 Å². The summed E-state index contributed by atoms with van der Waals surface area (Å²) >= 11 is 3.44. The van der Waals surface area contributed by atoms with Crippen molar-refractivity contribution in [2.75, 3.05) is 19.7 Å². The molecule has 0 spiro atoms. The van der Waals surface area contributed by atoms with E-state index in [1.807, 2.05) is 29.2 Å². The maximum Gasteiger partial charge on any atom is 0.245 e. The van der Waals surface area contributed by atoms with Crippen molar-refractivity contribution >= 4 is 27.7 Å². The van der Waals surface area contributed by atoms with Crippen LogP contribution in [0.3, 0.4) is 0 Å². The highest BCUT2D eigenvalue weighted by Crippen LogP contribution is 2.26. The zero-order valence-corrected chi connectivity index (χ0v) is 17.5. The first-order chi connectivity index (χ1) is 13.0. The first-order valence-corrected chi connectivity index (χ1v) is 10.8. The van der Waals surface area contributed by atoms with E-state index < -0.39 is 6.04 Å². The molecule has 1 aromatic carbocycles. The Morgan fingerprint density at radius 3 is 2.63 bits per heavy atom. The van der Waals surface area contributed by atoms with Crippen molar-refractivity contribution in [3.8, 4) is 0 Å². The quantitative estimate of drug-likeness (QED) is 0.762. The number of hydrogen-bond acceptors (Lipinski definition) is 3. The molecule has 1 heterocycles. The number of morpholine rings is 1. The fraction of sp³-hybridized carbons (Fsp3) is 0.619. The maximum atomic E-state index is 12.8. The summed E-state index contributed by atoms with van der Waals surface area (Å²) < 4.78 is 6.87. The number of rotatable bonds is 5. The molecule has 27 heavy (non-hydrogen) atoms. The van der Waals surface area contributed by atoms with Crippen LogP contribution in [0, 0.1) is 5.92 Å². The minimum atomic E-state index is -0.496. The largest absolute Gasteiger partial charge is 0.370 e. The molecule has 2 unspecified atom stereocenters. The van der Waals surface area contributed by atoms with Gasteiger partial charge in [-0.2, -0.15) is 0 Å². The summed E-state index contributed by atoms with van der Waals surface area (Å²) in [5.74, 6) is 0.448. The molecular weight excluding hydrogens is 408 g/mol. The second kappa shape index (κ2) is 9.69. The number of amides is 2. The summed E-state index contributed by atoms with van der Waals surface area (Å²) in [5, 5.41) is 2.91. The van der Waals surface area contributed by atoms with Gasteiger partial charge in [0.1, 0.15) is 12.1 Å². The Kier molecular flexibility index (Phi) is 7.30. The molecule has 2 fully saturated rings. The van der Waals surface area contributed by atoms with Crippen molar-refractivity contribution < 1.29 is 14.3 Å². The minimum Gasteiger partial charge on any atom is -0.370 e. The molecule has 148 valence electrons. The first-order valence-electron chi connectivity index (χ1n) is 9.98. The predicted molar refractivity (Wildman–Crippen MR) is 108 cm³/mol. The van der Waals surface area contributed by atoms with Crippen LogP contribution in [0.1, 0.15) is 57.1 Å². The van der Waals surface area contributed by atoms with Gasteiger partial charge in [-0.25, -0.2) is 0 Å². The van der Waals surface area contributed by atoms with E-state index in [1.54, 1.807) is 6.92 Å². The lowest BCUT2D eigenvalue weighted by molar-refractivity contribution is -0.142. The van der Waals surface area contributed by atoms with E-state index >= 15 is 0 Å². The van der Waals surface area contributed by atoms with Gasteiger partial charge in [0.05, 0.1) is 13.2 Å². The van der Waals surface area contributed by atoms with Crippen LogP contribution in [0.15, 0.2) is 28.7 Å². The van der Waals surface area contributed by atoms with E-state index in [9.17, 15) is 9.59 Å². The predicted octanol–water partition coefficient (Wildman–Crippen LogP) is 3.82. The van der Waals surface area contributed by atoms with Gasteiger partial charge < -0.3 is 15.0 Å². The minimum absolute atomic E-state index is 0.000434. The average Bonchev–Trinajstić information content (AvgIpc) is 2.68. The van der Waals surface area contributed by atoms with Crippen LogP contribution in [0.5, 0.6) is 0 Å². The zero-order chi connectivity index (χ0) is 19.2. The van der Waals surface area contributed by atoms with Gasteiger partial charge in [0.25, 0.3) is 0 Å². The zero-order valence-electron chi connectivity index (χ0n) is 16.0. The van der Waals surface area contributed by atoms with Crippen LogP contribution in [0.25, 0.3) is 0 Å². The Balaban J connectivity index is 1.51. The lowest BCUT2D eigenvalue weighted by atomic mass is 9.87. The van der Waals surface area contributed by atoms with E-state index in [-0.39, 0.29) is 17.9 Å². The summed E-state index contributed by atoms with van der Waals surface area (Å²) in [6.07, 6.45) is 6.41. The highest BCUT2D eigenvalue weighted by Gasteiger charge is 2.29. The normalized spacial score (nSPS) is 22.3. The Morgan fingerprint density at radius 2 is 1.93 bits per heavy atom. The van der Waals surface area contributed by atoms with Gasteiger partial charge in [0.15, 0.2) is 0 Å². The molecule has 1 saturated carbocycles. The number of carbonyl (C=O) groups excluding carboxylic acids is 2. The number of nitrogens with zero attached hydrogens (tertiary/aromatic N) is 1. The molecule has 0 bridgehead atoms. The molecule has 2 atom stereocenters. The fourth-order valence-corrected chi connectivity index (χ4v) is 4.28. The Labute approximate surface area is 170 Å². The fourth-order valence-electron chi connectivity index (χ4n) is 4.02. The Morgan fingerprint density at radius 1 is 1.22 bits per heavy atom. The number of ether oxygens (including phenoxy) is 1. The van der Waals surface area contributed by atoms with Gasteiger partial charge in [0, 0.05) is 17.4 Å². The molecular formula is C21H29BrN2O3. The SMILES string of the molecule is CC(NC(=O)CC1CCCCC1)C(=O)N1CCOC(c2ccc(Br)cc2)C1. The molecule has 3 rings (SSSR count). The summed E-state index contributed by atoms with van der Waals surface area (Å²) in [6.45, 7) is 3.37. The van der Waals surface area contributed by atoms with Gasteiger partial charge in [-0.1, -0.05) is 47.3 Å². The molecule has 5 nitrogen and oxygen atoms in total. The number of carbonyl (C=O) groups is 2. The summed E-state index contributed by atoms with van der Waals surface area (Å²) in [5.41, 5.74) is 1.06. The van der Waals surface area contributed by atoms with E-state index in [1.165, 1.54) is 19.3 Å². The third kappa shape index (κ3) is 5.79. The van der Waals surface area contributed by atoms with Crippen molar-refractivity contribution in [2.45, 2.75) is 57.6 Å². The third-order valence-corrected chi connectivity index (χ3v) is 6.10. The average molecular weight is 437 g/mol. The van der Waals surface area contributed by atoms with E-state index in [4.69, 9.17) is 4.74 Å². The monoisotopic (exact) mass is 436 g/mol. The van der Waals surface area contributed by atoms with E-state index in [0.717, 1.165) is 22.9 Å². The second-order valence-corrected chi connectivity index (χ2v) is 8.61. The van der Waals surface area contributed by atoms with Crippen molar-refractivity contribution in [3.63, 3.8) is 0 Å². The molecule has 0 aromatic heterocycles. The third-order valence-electron chi connectivity index (χ3n) is 5.57. The van der Waals surface area contributed by atoms with Crippen LogP contribution in [-0.4, -0.2) is 42.5 Å². The molecule has 1 aliphatic carbocycles. The lowest BCUT2D eigenvalue weighted by Crippen LogP contribution is -2.51. The summed E-state index contributed by atoms with van der Waals surface area (Å²) in [7, 11) is 0. The van der Waals surface area contributed by atoms with Crippen molar-refractivity contribution in [3.05, 3.63) is 34.3 Å². The summed E-state index contributed by atoms with van der Waals surface area (Å²) in [4.78, 5) is 26.9. The topological polar surface area (TPSA) is 58.6 Å². The van der Waals surface area contributed by atoms with E-state index in [2.05, 4.69) is 21.2 Å². The molecule has 2 aliphatic rings. The summed E-state index contributed by atoms with van der Waals surface area (Å²) in [6, 6.07) is 7.49. The number of halogens is 1. The van der Waals surface area contributed by atoms with Crippen molar-refractivity contribution in [1.29, 1.82) is 0 Å². The highest BCUT2D eigenvalue weighted by molar-refractivity contribution is 9.10. The lowest BCUT2D eigenvalue weighted by Gasteiger charge is -2.35. The molecule has 6 heteroatoms. The van der Waals surface area contributed by atoms with Crippen LogP contribution >= 0.6 is 15.9 Å². The number of nitrogens with one attached hydrogen (secondary N) is 1. The molecule has 1 N–H and O–H groups in total. The van der Waals surface area contributed by atoms with Gasteiger partial charge in [-0.3, -0.25) is 9.59 Å². The van der Waals surface area contributed by atoms with Gasteiger partial charge in [-0.05, 0) is 43.4 Å². The first kappa shape index (κ1) is 20.3. The Bertz CT molecular complexity index is 643. The van der Waals surface area contributed by atoms with Crippen molar-refractivity contribution in [1.82, 2.24) is 10.2 Å². The van der Waals surface area contributed by atoms with Gasteiger partial charge in [0.2, 0.25) is 11.8 Å². The van der Waals surface area contributed by atoms with Crippen LogP contribution in [0.4, 0.5) is 0 Å². The second-order valence-electron chi connectivity index (χ2n) is 7.69. The molecule has 1 saturated heterocycles. The maximum absolute atomic E-state index is 12.8.